The van der Waals surface area contributed by atoms with Gasteiger partial charge in [-0.1, -0.05) is 0 Å². The number of nitrogens with one attached hydrogen (secondary N) is 1. The number of rotatable bonds is 4. The first-order chi connectivity index (χ1) is 8.81. The second kappa shape index (κ2) is 4.20. The van der Waals surface area contributed by atoms with E-state index in [2.05, 4.69) is 15.1 Å². The molecule has 0 aromatic heterocycles. The monoisotopic (exact) mass is 249 g/mol. The molecule has 2 saturated heterocycles. The molecule has 2 aliphatic heterocycles. The molecule has 2 saturated carbocycles. The lowest BCUT2D eigenvalue weighted by atomic mass is 10.2. The smallest absolute Gasteiger partial charge is 0.240 e. The number of likely N-dealkylation sites (tertiary alicyclic amines) is 2. The third-order valence-corrected chi connectivity index (χ3v) is 4.95. The molecule has 18 heavy (non-hydrogen) atoms. The maximum atomic E-state index is 12.4. The summed E-state index contributed by atoms with van der Waals surface area (Å²) in [5.41, 5.74) is 0. The van der Waals surface area contributed by atoms with E-state index in [1.165, 1.54) is 38.6 Å². The molecule has 0 aromatic rings. The third-order valence-electron chi connectivity index (χ3n) is 4.95. The molecule has 1 N–H and O–H groups in total. The van der Waals surface area contributed by atoms with E-state index in [4.69, 9.17) is 0 Å². The normalized spacial score (nSPS) is 37.8. The van der Waals surface area contributed by atoms with Crippen molar-refractivity contribution in [2.75, 3.05) is 19.6 Å². The summed E-state index contributed by atoms with van der Waals surface area (Å²) >= 11 is 0. The van der Waals surface area contributed by atoms with Gasteiger partial charge in [-0.05, 0) is 38.5 Å². The zero-order valence-electron chi connectivity index (χ0n) is 11.0. The zero-order valence-corrected chi connectivity index (χ0v) is 11.0. The molecule has 2 atom stereocenters. The lowest BCUT2D eigenvalue weighted by Crippen LogP contribution is -2.44. The molecule has 2 heterocycles. The molecule has 1 amide bonds. The molecule has 4 nitrogen and oxygen atoms in total. The van der Waals surface area contributed by atoms with Crippen LogP contribution in [0.5, 0.6) is 0 Å². The molecule has 4 rings (SSSR count). The Morgan fingerprint density at radius 1 is 0.944 bits per heavy atom. The van der Waals surface area contributed by atoms with Crippen molar-refractivity contribution in [3.05, 3.63) is 0 Å². The van der Waals surface area contributed by atoms with Crippen LogP contribution in [-0.4, -0.2) is 59.5 Å². The average molecular weight is 249 g/mol. The minimum Gasteiger partial charge on any atom is -0.337 e. The van der Waals surface area contributed by atoms with Crippen LogP contribution in [0, 0.1) is 0 Å². The molecule has 2 unspecified atom stereocenters. The van der Waals surface area contributed by atoms with E-state index in [0.29, 0.717) is 18.0 Å². The Morgan fingerprint density at radius 2 is 1.78 bits per heavy atom. The molecule has 4 fully saturated rings. The molecular formula is C14H23N3O. The van der Waals surface area contributed by atoms with Gasteiger partial charge in [-0.3, -0.25) is 9.69 Å². The molecule has 4 heteroatoms. The van der Waals surface area contributed by atoms with Gasteiger partial charge in [-0.15, -0.1) is 0 Å². The minimum absolute atomic E-state index is 0.132. The van der Waals surface area contributed by atoms with Crippen LogP contribution in [0.15, 0.2) is 0 Å². The summed E-state index contributed by atoms with van der Waals surface area (Å²) < 4.78 is 0. The lowest BCUT2D eigenvalue weighted by molar-refractivity contribution is -0.131. The van der Waals surface area contributed by atoms with Crippen LogP contribution < -0.4 is 5.32 Å². The average Bonchev–Trinajstić information content (AvgIpc) is 3.28. The van der Waals surface area contributed by atoms with E-state index in [1.54, 1.807) is 0 Å². The second-order valence-corrected chi connectivity index (χ2v) is 6.48. The van der Waals surface area contributed by atoms with Gasteiger partial charge in [-0.25, -0.2) is 0 Å². The molecule has 4 aliphatic rings. The lowest BCUT2D eigenvalue weighted by Gasteiger charge is -2.25. The summed E-state index contributed by atoms with van der Waals surface area (Å²) in [4.78, 5) is 17.2. The van der Waals surface area contributed by atoms with Crippen LogP contribution in [0.25, 0.3) is 0 Å². The predicted molar refractivity (Wildman–Crippen MR) is 69.3 cm³/mol. The topological polar surface area (TPSA) is 35.6 Å². The molecule has 100 valence electrons. The van der Waals surface area contributed by atoms with E-state index in [0.717, 1.165) is 25.6 Å². The number of hydrogen-bond donors (Lipinski definition) is 1. The Balaban J connectivity index is 1.35. The van der Waals surface area contributed by atoms with Gasteiger partial charge in [0.2, 0.25) is 5.91 Å². The van der Waals surface area contributed by atoms with Crippen LogP contribution >= 0.6 is 0 Å². The van der Waals surface area contributed by atoms with E-state index in [9.17, 15) is 4.79 Å². The highest BCUT2D eigenvalue weighted by atomic mass is 16.2. The number of amides is 1. The van der Waals surface area contributed by atoms with Gasteiger partial charge in [0.05, 0.1) is 6.04 Å². The molecular weight excluding hydrogens is 226 g/mol. The molecule has 0 spiro atoms. The highest BCUT2D eigenvalue weighted by molar-refractivity contribution is 5.84. The number of carbonyl (C=O) groups excluding carboxylic acids is 1. The van der Waals surface area contributed by atoms with Gasteiger partial charge >= 0.3 is 0 Å². The van der Waals surface area contributed by atoms with Crippen molar-refractivity contribution in [2.45, 2.75) is 62.7 Å². The van der Waals surface area contributed by atoms with Crippen molar-refractivity contribution in [1.29, 1.82) is 0 Å². The van der Waals surface area contributed by atoms with E-state index in [-0.39, 0.29) is 6.04 Å². The fourth-order valence-electron chi connectivity index (χ4n) is 3.55. The fraction of sp³-hybridized carbons (Fsp3) is 0.929. The van der Waals surface area contributed by atoms with Crippen molar-refractivity contribution in [2.24, 2.45) is 0 Å². The van der Waals surface area contributed by atoms with Crippen molar-refractivity contribution >= 4 is 5.91 Å². The van der Waals surface area contributed by atoms with Crippen molar-refractivity contribution < 1.29 is 4.79 Å². The fourth-order valence-corrected chi connectivity index (χ4v) is 3.55. The van der Waals surface area contributed by atoms with Crippen LogP contribution in [0.3, 0.4) is 0 Å². The summed E-state index contributed by atoms with van der Waals surface area (Å²) in [6.45, 7) is 3.32. The number of hydrogen-bond acceptors (Lipinski definition) is 3. The summed E-state index contributed by atoms with van der Waals surface area (Å²) in [7, 11) is 0. The largest absolute Gasteiger partial charge is 0.337 e. The first-order valence-corrected chi connectivity index (χ1v) is 7.62. The van der Waals surface area contributed by atoms with Crippen molar-refractivity contribution in [1.82, 2.24) is 15.1 Å². The Morgan fingerprint density at radius 3 is 2.50 bits per heavy atom. The number of nitrogens with zero attached hydrogens (tertiary/aromatic N) is 2. The summed E-state index contributed by atoms with van der Waals surface area (Å²) in [5.74, 6) is 0.379. The number of carbonyl (C=O) groups is 1. The van der Waals surface area contributed by atoms with Crippen LogP contribution in [0.2, 0.25) is 0 Å². The van der Waals surface area contributed by atoms with Gasteiger partial charge < -0.3 is 10.2 Å². The third kappa shape index (κ3) is 2.05. The van der Waals surface area contributed by atoms with Gasteiger partial charge in [0.1, 0.15) is 0 Å². The van der Waals surface area contributed by atoms with Gasteiger partial charge in [0.25, 0.3) is 0 Å². The molecule has 0 aromatic carbocycles. The van der Waals surface area contributed by atoms with Gasteiger partial charge in [0.15, 0.2) is 0 Å². The van der Waals surface area contributed by atoms with Gasteiger partial charge in [0, 0.05) is 37.8 Å². The Labute approximate surface area is 109 Å². The molecule has 2 aliphatic carbocycles. The van der Waals surface area contributed by atoms with Crippen LogP contribution in [-0.2, 0) is 4.79 Å². The molecule has 0 bridgehead atoms. The Hall–Kier alpha value is -0.610. The molecule has 0 radical (unpaired) electrons. The first-order valence-electron chi connectivity index (χ1n) is 7.62. The highest BCUT2D eigenvalue weighted by Crippen LogP contribution is 2.32. The summed E-state index contributed by atoms with van der Waals surface area (Å²) in [6, 6.07) is 2.13. The Bertz CT molecular complexity index is 351. The second-order valence-electron chi connectivity index (χ2n) is 6.48. The Kier molecular flexibility index (Phi) is 2.62. The quantitative estimate of drug-likeness (QED) is 0.791. The van der Waals surface area contributed by atoms with Crippen molar-refractivity contribution in [3.63, 3.8) is 0 Å². The van der Waals surface area contributed by atoms with E-state index >= 15 is 0 Å². The van der Waals surface area contributed by atoms with Crippen LogP contribution in [0.4, 0.5) is 0 Å². The minimum atomic E-state index is 0.132. The maximum Gasteiger partial charge on any atom is 0.240 e. The highest BCUT2D eigenvalue weighted by Gasteiger charge is 2.42. The van der Waals surface area contributed by atoms with Crippen molar-refractivity contribution in [3.8, 4) is 0 Å². The zero-order chi connectivity index (χ0) is 12.1. The van der Waals surface area contributed by atoms with E-state index in [1.807, 2.05) is 0 Å². The maximum absolute atomic E-state index is 12.4. The first kappa shape index (κ1) is 11.2. The van der Waals surface area contributed by atoms with E-state index < -0.39 is 0 Å². The van der Waals surface area contributed by atoms with Gasteiger partial charge in [-0.2, -0.15) is 0 Å². The predicted octanol–water partition coefficient (Wildman–Crippen LogP) is 0.576. The standard InChI is InChI=1S/C14H23N3O/c18-14-13(15-10-1-2-10)6-8-17(14)12-5-7-16(9-12)11-3-4-11/h10-13,15H,1-9H2. The summed E-state index contributed by atoms with van der Waals surface area (Å²) in [6.07, 6.45) is 7.51. The SMILES string of the molecule is O=C1C(NC2CC2)CCN1C1CCN(C2CC2)C1. The summed E-state index contributed by atoms with van der Waals surface area (Å²) in [5, 5.41) is 3.50. The van der Waals surface area contributed by atoms with Crippen LogP contribution in [0.1, 0.15) is 38.5 Å².